The average Bonchev–Trinajstić information content (AvgIpc) is 3.18. The molecular weight excluding hydrogens is 332 g/mol. The van der Waals surface area contributed by atoms with Gasteiger partial charge in [-0.15, -0.1) is 0 Å². The van der Waals surface area contributed by atoms with Crippen LogP contribution in [0.15, 0.2) is 6.20 Å². The lowest BCUT2D eigenvalue weighted by Crippen LogP contribution is -2.42. The van der Waals surface area contributed by atoms with Crippen molar-refractivity contribution in [1.29, 1.82) is 0 Å². The summed E-state index contributed by atoms with van der Waals surface area (Å²) in [4.78, 5) is 26.2. The molecule has 1 amide bonds. The van der Waals surface area contributed by atoms with E-state index in [1.165, 1.54) is 0 Å². The zero-order valence-corrected chi connectivity index (χ0v) is 15.6. The van der Waals surface area contributed by atoms with Crippen LogP contribution in [0.1, 0.15) is 24.2 Å². The fourth-order valence-electron chi connectivity index (χ4n) is 4.76. The van der Waals surface area contributed by atoms with Crippen molar-refractivity contribution < 1.29 is 14.6 Å². The van der Waals surface area contributed by atoms with Gasteiger partial charge in [0.1, 0.15) is 5.82 Å². The molecule has 4 rings (SSSR count). The fourth-order valence-corrected chi connectivity index (χ4v) is 4.76. The van der Waals surface area contributed by atoms with Gasteiger partial charge in [-0.3, -0.25) is 9.78 Å². The molecule has 0 aromatic carbocycles. The van der Waals surface area contributed by atoms with Gasteiger partial charge >= 0.3 is 0 Å². The van der Waals surface area contributed by atoms with Crippen molar-refractivity contribution in [3.8, 4) is 0 Å². The van der Waals surface area contributed by atoms with Crippen LogP contribution in [0.4, 0.5) is 5.82 Å². The van der Waals surface area contributed by atoms with Gasteiger partial charge in [0.2, 0.25) is 5.91 Å². The molecule has 7 heteroatoms. The summed E-state index contributed by atoms with van der Waals surface area (Å²) >= 11 is 0. The van der Waals surface area contributed by atoms with E-state index in [-0.39, 0.29) is 29.8 Å². The second-order valence-corrected chi connectivity index (χ2v) is 8.12. The van der Waals surface area contributed by atoms with Gasteiger partial charge in [-0.05, 0) is 26.7 Å². The summed E-state index contributed by atoms with van der Waals surface area (Å²) in [5.74, 6) is 1.51. The van der Waals surface area contributed by atoms with Gasteiger partial charge in [0.05, 0.1) is 18.0 Å². The third-order valence-corrected chi connectivity index (χ3v) is 6.31. The zero-order chi connectivity index (χ0) is 18.3. The van der Waals surface area contributed by atoms with Gasteiger partial charge in [-0.1, -0.05) is 0 Å². The highest BCUT2D eigenvalue weighted by atomic mass is 16.5. The van der Waals surface area contributed by atoms with Gasteiger partial charge in [-0.2, -0.15) is 0 Å². The Morgan fingerprint density at radius 3 is 2.77 bits per heavy atom. The highest BCUT2D eigenvalue weighted by molar-refractivity contribution is 5.79. The van der Waals surface area contributed by atoms with Gasteiger partial charge in [0.25, 0.3) is 0 Å². The highest BCUT2D eigenvalue weighted by Crippen LogP contribution is 2.44. The average molecular weight is 360 g/mol. The first kappa shape index (κ1) is 17.7. The third kappa shape index (κ3) is 2.97. The Morgan fingerprint density at radius 1 is 1.31 bits per heavy atom. The van der Waals surface area contributed by atoms with Crippen LogP contribution >= 0.6 is 0 Å². The molecule has 0 radical (unpaired) electrons. The largest absolute Gasteiger partial charge is 0.396 e. The smallest absolute Gasteiger partial charge is 0.225 e. The maximum absolute atomic E-state index is 12.9. The number of hydrogen-bond acceptors (Lipinski definition) is 6. The minimum absolute atomic E-state index is 0.0827. The van der Waals surface area contributed by atoms with Crippen LogP contribution in [0.2, 0.25) is 0 Å². The van der Waals surface area contributed by atoms with Crippen molar-refractivity contribution in [2.24, 2.45) is 17.3 Å². The fraction of sp³-hybridized carbons (Fsp3) is 0.737. The molecule has 3 saturated heterocycles. The van der Waals surface area contributed by atoms with Gasteiger partial charge in [-0.25, -0.2) is 4.98 Å². The van der Waals surface area contributed by atoms with E-state index in [4.69, 9.17) is 4.74 Å². The lowest BCUT2D eigenvalue weighted by molar-refractivity contribution is -0.138. The lowest BCUT2D eigenvalue weighted by Gasteiger charge is -2.30. The SMILES string of the molecule is Cc1cnc(C)c(N2CC3CN(C(=O)C4CCOCC4)CC3(CO)C2)n1. The van der Waals surface area contributed by atoms with Crippen LogP contribution in [0.5, 0.6) is 0 Å². The highest BCUT2D eigenvalue weighted by Gasteiger charge is 2.54. The molecule has 4 heterocycles. The molecule has 0 spiro atoms. The number of nitrogens with zero attached hydrogens (tertiary/aromatic N) is 4. The second kappa shape index (κ2) is 6.78. The number of fused-ring (bicyclic) bond motifs is 1. The van der Waals surface area contributed by atoms with Crippen molar-refractivity contribution in [3.05, 3.63) is 17.6 Å². The molecule has 3 aliphatic rings. The molecule has 0 bridgehead atoms. The summed E-state index contributed by atoms with van der Waals surface area (Å²) in [5, 5.41) is 10.2. The number of aliphatic hydroxyl groups is 1. The first-order valence-electron chi connectivity index (χ1n) is 9.55. The summed E-state index contributed by atoms with van der Waals surface area (Å²) in [6, 6.07) is 0. The molecule has 142 valence electrons. The second-order valence-electron chi connectivity index (χ2n) is 8.12. The Morgan fingerprint density at radius 2 is 2.08 bits per heavy atom. The van der Waals surface area contributed by atoms with Gasteiger partial charge < -0.3 is 19.6 Å². The van der Waals surface area contributed by atoms with E-state index < -0.39 is 0 Å². The number of rotatable bonds is 3. The van der Waals surface area contributed by atoms with Crippen LogP contribution in [0, 0.1) is 31.1 Å². The van der Waals surface area contributed by atoms with E-state index in [1.807, 2.05) is 18.7 Å². The first-order chi connectivity index (χ1) is 12.5. The predicted molar refractivity (Wildman–Crippen MR) is 96.9 cm³/mol. The Labute approximate surface area is 154 Å². The minimum Gasteiger partial charge on any atom is -0.396 e. The monoisotopic (exact) mass is 360 g/mol. The lowest BCUT2D eigenvalue weighted by atomic mass is 9.82. The van der Waals surface area contributed by atoms with Crippen LogP contribution in [0.3, 0.4) is 0 Å². The molecule has 7 nitrogen and oxygen atoms in total. The van der Waals surface area contributed by atoms with Crippen LogP contribution in [-0.4, -0.2) is 71.9 Å². The van der Waals surface area contributed by atoms with Crippen molar-refractivity contribution in [3.63, 3.8) is 0 Å². The Bertz CT molecular complexity index is 691. The number of aryl methyl sites for hydroxylation is 2. The first-order valence-corrected chi connectivity index (χ1v) is 9.55. The molecule has 0 saturated carbocycles. The van der Waals surface area contributed by atoms with E-state index in [0.717, 1.165) is 49.7 Å². The summed E-state index contributed by atoms with van der Waals surface area (Å²) in [6.45, 7) is 8.29. The quantitative estimate of drug-likeness (QED) is 0.858. The van der Waals surface area contributed by atoms with E-state index in [1.54, 1.807) is 6.20 Å². The molecule has 1 aromatic rings. The molecule has 1 aromatic heterocycles. The van der Waals surface area contributed by atoms with Gasteiger partial charge in [0.15, 0.2) is 0 Å². The Hall–Kier alpha value is -1.73. The molecule has 0 aliphatic carbocycles. The van der Waals surface area contributed by atoms with E-state index >= 15 is 0 Å². The number of ether oxygens (including phenoxy) is 1. The van der Waals surface area contributed by atoms with Crippen molar-refractivity contribution in [2.45, 2.75) is 26.7 Å². The van der Waals surface area contributed by atoms with Crippen LogP contribution in [-0.2, 0) is 9.53 Å². The summed E-state index contributed by atoms with van der Waals surface area (Å²) in [7, 11) is 0. The van der Waals surface area contributed by atoms with E-state index in [0.29, 0.717) is 19.8 Å². The normalized spacial score (nSPS) is 29.3. The predicted octanol–water partition coefficient (Wildman–Crippen LogP) is 0.777. The number of anilines is 1. The Balaban J connectivity index is 1.49. The topological polar surface area (TPSA) is 78.8 Å². The maximum atomic E-state index is 12.9. The third-order valence-electron chi connectivity index (χ3n) is 6.31. The standard InChI is InChI=1S/C19H28N4O3/c1-13-7-20-14(2)17(21-13)22-8-16-9-23(11-19(16,10-22)12-24)18(25)15-3-5-26-6-4-15/h7,15-16,24H,3-6,8-12H2,1-2H3. The molecule has 3 aliphatic heterocycles. The van der Waals surface area contributed by atoms with Crippen LogP contribution < -0.4 is 4.90 Å². The van der Waals surface area contributed by atoms with Crippen LogP contribution in [0.25, 0.3) is 0 Å². The molecular formula is C19H28N4O3. The molecule has 26 heavy (non-hydrogen) atoms. The Kier molecular flexibility index (Phi) is 4.61. The number of carbonyl (C=O) groups is 1. The number of aliphatic hydroxyl groups excluding tert-OH is 1. The zero-order valence-electron chi connectivity index (χ0n) is 15.6. The molecule has 1 N–H and O–H groups in total. The van der Waals surface area contributed by atoms with Gasteiger partial charge in [0, 0.05) is 62.8 Å². The summed E-state index contributed by atoms with van der Waals surface area (Å²) in [5.41, 5.74) is 1.56. The number of amides is 1. The summed E-state index contributed by atoms with van der Waals surface area (Å²) in [6.07, 6.45) is 3.42. The summed E-state index contributed by atoms with van der Waals surface area (Å²) < 4.78 is 5.38. The molecule has 2 atom stereocenters. The van der Waals surface area contributed by atoms with Crippen molar-refractivity contribution in [1.82, 2.24) is 14.9 Å². The molecule has 2 unspecified atom stereocenters. The maximum Gasteiger partial charge on any atom is 0.225 e. The number of carbonyl (C=O) groups excluding carboxylic acids is 1. The van der Waals surface area contributed by atoms with Crippen molar-refractivity contribution in [2.75, 3.05) is 50.9 Å². The molecule has 3 fully saturated rings. The van der Waals surface area contributed by atoms with E-state index in [9.17, 15) is 9.90 Å². The number of aromatic nitrogens is 2. The number of likely N-dealkylation sites (tertiary alicyclic amines) is 1. The van der Waals surface area contributed by atoms with Crippen molar-refractivity contribution >= 4 is 11.7 Å². The minimum atomic E-state index is -0.251. The number of hydrogen-bond donors (Lipinski definition) is 1. The van der Waals surface area contributed by atoms with E-state index in [2.05, 4.69) is 14.9 Å².